The number of hydrogen-bond donors (Lipinski definition) is 3. The van der Waals surface area contributed by atoms with Crippen molar-refractivity contribution >= 4 is 38.2 Å². The van der Waals surface area contributed by atoms with Gasteiger partial charge in [0, 0.05) is 6.54 Å². The average molecular weight is 473 g/mol. The van der Waals surface area contributed by atoms with Gasteiger partial charge in [-0.3, -0.25) is 10.1 Å². The van der Waals surface area contributed by atoms with Gasteiger partial charge in [-0.25, -0.2) is 22.3 Å². The van der Waals surface area contributed by atoms with Gasteiger partial charge in [0.05, 0.1) is 11.0 Å². The summed E-state index contributed by atoms with van der Waals surface area (Å²) in [6.07, 6.45) is -1.82. The molecule has 1 atom stereocenters. The highest BCUT2D eigenvalue weighted by Gasteiger charge is 2.26. The van der Waals surface area contributed by atoms with Crippen molar-refractivity contribution in [3.63, 3.8) is 0 Å². The van der Waals surface area contributed by atoms with Gasteiger partial charge in [0.1, 0.15) is 21.3 Å². The standard InChI is InChI=1S/C20H25FN2O6S2/c1-12(24)16-11-17(18(30-16)23-19(26)29-20(2,3)4)31(27,28)22-10-9-15(25)13-5-7-14(21)8-6-13/h5-8,11,15,22,25H,9-10H2,1-4H3,(H,23,26). The van der Waals surface area contributed by atoms with Crippen LogP contribution < -0.4 is 10.0 Å². The molecule has 11 heteroatoms. The Balaban J connectivity index is 2.13. The third-order valence-electron chi connectivity index (χ3n) is 3.91. The van der Waals surface area contributed by atoms with Crippen molar-refractivity contribution in [3.05, 3.63) is 46.6 Å². The van der Waals surface area contributed by atoms with Crippen molar-refractivity contribution in [1.29, 1.82) is 0 Å². The molecule has 1 amide bonds. The van der Waals surface area contributed by atoms with Crippen molar-refractivity contribution in [2.45, 2.75) is 50.7 Å². The normalized spacial score (nSPS) is 13.0. The summed E-state index contributed by atoms with van der Waals surface area (Å²) in [4.78, 5) is 23.7. The SMILES string of the molecule is CC(=O)c1cc(S(=O)(=O)NCCC(O)c2ccc(F)cc2)c(NC(=O)OC(C)(C)C)s1. The summed E-state index contributed by atoms with van der Waals surface area (Å²) in [6.45, 7) is 6.14. The summed E-state index contributed by atoms with van der Waals surface area (Å²) < 4.78 is 46.0. The summed E-state index contributed by atoms with van der Waals surface area (Å²) in [5, 5.41) is 12.5. The van der Waals surface area contributed by atoms with E-state index in [1.54, 1.807) is 20.8 Å². The lowest BCUT2D eigenvalue weighted by atomic mass is 10.1. The van der Waals surface area contributed by atoms with Crippen LogP contribution in [0, 0.1) is 5.82 Å². The Morgan fingerprint density at radius 3 is 2.39 bits per heavy atom. The third-order valence-corrected chi connectivity index (χ3v) is 6.68. The number of Topliss-reactive ketones (excluding diaryl/α,β-unsaturated/α-hetero) is 1. The lowest BCUT2D eigenvalue weighted by Gasteiger charge is -2.19. The van der Waals surface area contributed by atoms with E-state index in [1.165, 1.54) is 37.3 Å². The number of anilines is 1. The van der Waals surface area contributed by atoms with E-state index in [0.717, 1.165) is 11.3 Å². The maximum absolute atomic E-state index is 13.0. The van der Waals surface area contributed by atoms with Crippen molar-refractivity contribution in [3.8, 4) is 0 Å². The summed E-state index contributed by atoms with van der Waals surface area (Å²) in [6, 6.07) is 6.40. The summed E-state index contributed by atoms with van der Waals surface area (Å²) in [5.74, 6) is -0.800. The van der Waals surface area contributed by atoms with Crippen LogP contribution in [0.25, 0.3) is 0 Å². The molecule has 170 valence electrons. The number of nitrogens with one attached hydrogen (secondary N) is 2. The Hall–Kier alpha value is -2.34. The molecule has 0 aliphatic heterocycles. The van der Waals surface area contributed by atoms with Crippen LogP contribution in [0.4, 0.5) is 14.2 Å². The number of aliphatic hydroxyl groups is 1. The van der Waals surface area contributed by atoms with Crippen LogP contribution in [-0.2, 0) is 14.8 Å². The number of carbonyl (C=O) groups is 2. The fraction of sp³-hybridized carbons (Fsp3) is 0.400. The molecule has 1 heterocycles. The maximum atomic E-state index is 13.0. The molecule has 0 aliphatic rings. The van der Waals surface area contributed by atoms with Crippen molar-refractivity contribution in [2.24, 2.45) is 0 Å². The molecular weight excluding hydrogens is 447 g/mol. The van der Waals surface area contributed by atoms with Crippen LogP contribution in [-0.4, -0.2) is 37.5 Å². The number of rotatable bonds is 8. The molecule has 1 unspecified atom stereocenters. The minimum atomic E-state index is -4.11. The van der Waals surface area contributed by atoms with E-state index in [0.29, 0.717) is 5.56 Å². The van der Waals surface area contributed by atoms with Gasteiger partial charge >= 0.3 is 6.09 Å². The topological polar surface area (TPSA) is 122 Å². The molecule has 31 heavy (non-hydrogen) atoms. The molecule has 0 spiro atoms. The molecule has 3 N–H and O–H groups in total. The first kappa shape index (κ1) is 24.9. The summed E-state index contributed by atoms with van der Waals surface area (Å²) in [7, 11) is -4.11. The Labute approximate surface area is 184 Å². The first-order chi connectivity index (χ1) is 14.3. The number of halogens is 1. The van der Waals surface area contributed by atoms with Gasteiger partial charge in [-0.2, -0.15) is 0 Å². The predicted molar refractivity (Wildman–Crippen MR) is 115 cm³/mol. The summed E-state index contributed by atoms with van der Waals surface area (Å²) in [5.41, 5.74) is -0.347. The summed E-state index contributed by atoms with van der Waals surface area (Å²) >= 11 is 0.821. The Kier molecular flexibility index (Phi) is 7.93. The van der Waals surface area contributed by atoms with E-state index in [1.807, 2.05) is 0 Å². The van der Waals surface area contributed by atoms with Gasteiger partial charge in [0.25, 0.3) is 0 Å². The highest BCUT2D eigenvalue weighted by molar-refractivity contribution is 7.89. The van der Waals surface area contributed by atoms with Crippen molar-refractivity contribution in [2.75, 3.05) is 11.9 Å². The fourth-order valence-corrected chi connectivity index (χ4v) is 4.96. The minimum Gasteiger partial charge on any atom is -0.444 e. The van der Waals surface area contributed by atoms with E-state index < -0.39 is 33.6 Å². The number of carbonyl (C=O) groups excluding carboxylic acids is 2. The molecule has 0 saturated carbocycles. The Morgan fingerprint density at radius 2 is 1.84 bits per heavy atom. The molecule has 0 fully saturated rings. The highest BCUT2D eigenvalue weighted by atomic mass is 32.2. The van der Waals surface area contributed by atoms with Crippen LogP contribution in [0.3, 0.4) is 0 Å². The predicted octanol–water partition coefficient (Wildman–Crippen LogP) is 3.84. The third kappa shape index (κ3) is 7.39. The van der Waals surface area contributed by atoms with E-state index in [9.17, 15) is 27.5 Å². The fourth-order valence-electron chi connectivity index (χ4n) is 2.49. The van der Waals surface area contributed by atoms with Gasteiger partial charge in [0.2, 0.25) is 10.0 Å². The van der Waals surface area contributed by atoms with E-state index in [-0.39, 0.29) is 33.5 Å². The molecule has 2 rings (SSSR count). The first-order valence-electron chi connectivity index (χ1n) is 9.36. The number of amides is 1. The van der Waals surface area contributed by atoms with Crippen molar-refractivity contribution in [1.82, 2.24) is 4.72 Å². The monoisotopic (exact) mass is 472 g/mol. The van der Waals surface area contributed by atoms with Crippen LogP contribution in [0.1, 0.15) is 55.5 Å². The molecular formula is C20H25FN2O6S2. The number of thiophene rings is 1. The maximum Gasteiger partial charge on any atom is 0.412 e. The second-order valence-electron chi connectivity index (χ2n) is 7.74. The second-order valence-corrected chi connectivity index (χ2v) is 10.5. The lowest BCUT2D eigenvalue weighted by Crippen LogP contribution is -2.29. The van der Waals surface area contributed by atoms with E-state index >= 15 is 0 Å². The smallest absolute Gasteiger partial charge is 0.412 e. The van der Waals surface area contributed by atoms with Crippen molar-refractivity contribution < 1.29 is 32.2 Å². The van der Waals surface area contributed by atoms with Crippen LogP contribution in [0.2, 0.25) is 0 Å². The highest BCUT2D eigenvalue weighted by Crippen LogP contribution is 2.32. The minimum absolute atomic E-state index is 0.0311. The number of hydrogen-bond acceptors (Lipinski definition) is 7. The number of benzene rings is 1. The van der Waals surface area contributed by atoms with Crippen LogP contribution >= 0.6 is 11.3 Å². The van der Waals surface area contributed by atoms with Gasteiger partial charge in [0.15, 0.2) is 5.78 Å². The molecule has 1 aromatic heterocycles. The van der Waals surface area contributed by atoms with E-state index in [2.05, 4.69) is 10.0 Å². The molecule has 1 aromatic carbocycles. The van der Waals surface area contributed by atoms with Gasteiger partial charge in [-0.05, 0) is 57.9 Å². The molecule has 0 saturated heterocycles. The largest absolute Gasteiger partial charge is 0.444 e. The number of sulfonamides is 1. The first-order valence-corrected chi connectivity index (χ1v) is 11.7. The molecule has 8 nitrogen and oxygen atoms in total. The zero-order valence-corrected chi connectivity index (χ0v) is 19.2. The number of aliphatic hydroxyl groups excluding tert-OH is 1. The zero-order chi connectivity index (χ0) is 23.4. The Bertz CT molecular complexity index is 1040. The van der Waals surface area contributed by atoms with Crippen LogP contribution in [0.5, 0.6) is 0 Å². The average Bonchev–Trinajstić information content (AvgIpc) is 3.05. The number of ether oxygens (including phenoxy) is 1. The van der Waals surface area contributed by atoms with Gasteiger partial charge in [-0.15, -0.1) is 11.3 Å². The van der Waals surface area contributed by atoms with Gasteiger partial charge in [-0.1, -0.05) is 12.1 Å². The molecule has 0 aliphatic carbocycles. The molecule has 0 radical (unpaired) electrons. The lowest BCUT2D eigenvalue weighted by molar-refractivity contribution is 0.0636. The Morgan fingerprint density at radius 1 is 1.23 bits per heavy atom. The zero-order valence-electron chi connectivity index (χ0n) is 17.6. The molecule has 2 aromatic rings. The van der Waals surface area contributed by atoms with Crippen LogP contribution in [0.15, 0.2) is 35.2 Å². The van der Waals surface area contributed by atoms with Gasteiger partial charge < -0.3 is 9.84 Å². The number of ketones is 1. The van der Waals surface area contributed by atoms with E-state index in [4.69, 9.17) is 4.74 Å². The second kappa shape index (κ2) is 9.86. The molecule has 0 bridgehead atoms. The quantitative estimate of drug-likeness (QED) is 0.502.